The third-order valence-corrected chi connectivity index (χ3v) is 2.72. The van der Waals surface area contributed by atoms with E-state index in [0.29, 0.717) is 11.3 Å². The smallest absolute Gasteiger partial charge is 0.320 e. The monoisotopic (exact) mass is 268 g/mol. The molecule has 96 valence electrons. The molecule has 0 saturated carbocycles. The summed E-state index contributed by atoms with van der Waals surface area (Å²) in [5.41, 5.74) is 6.83. The quantitative estimate of drug-likeness (QED) is 0.794. The Morgan fingerprint density at radius 1 is 1.50 bits per heavy atom. The summed E-state index contributed by atoms with van der Waals surface area (Å²) in [5.74, 6) is -1.55. The van der Waals surface area contributed by atoms with Crippen molar-refractivity contribution in [3.63, 3.8) is 0 Å². The maximum absolute atomic E-state index is 11.4. The number of amides is 1. The third-order valence-electron chi connectivity index (χ3n) is 2.72. The summed E-state index contributed by atoms with van der Waals surface area (Å²) in [6.07, 6.45) is 8.80. The van der Waals surface area contributed by atoms with Gasteiger partial charge in [-0.15, -0.1) is 12.4 Å². The highest BCUT2D eigenvalue weighted by Crippen LogP contribution is 2.26. The lowest BCUT2D eigenvalue weighted by molar-refractivity contribution is -0.138. The molecule has 0 spiro atoms. The number of allylic oxidation sites excluding steroid dienone is 4. The highest BCUT2D eigenvalue weighted by molar-refractivity contribution is 6.12. The van der Waals surface area contributed by atoms with Gasteiger partial charge in [-0.1, -0.05) is 18.2 Å². The van der Waals surface area contributed by atoms with E-state index in [1.807, 2.05) is 12.2 Å². The number of rotatable bonds is 3. The summed E-state index contributed by atoms with van der Waals surface area (Å²) < 4.78 is 0. The average molecular weight is 269 g/mol. The van der Waals surface area contributed by atoms with Crippen molar-refractivity contribution in [2.75, 3.05) is 0 Å². The lowest BCUT2D eigenvalue weighted by Gasteiger charge is -2.23. The summed E-state index contributed by atoms with van der Waals surface area (Å²) in [4.78, 5) is 26.0. The van der Waals surface area contributed by atoms with Crippen LogP contribution in [-0.2, 0) is 9.59 Å². The largest absolute Gasteiger partial charge is 0.480 e. The van der Waals surface area contributed by atoms with Gasteiger partial charge < -0.3 is 10.8 Å². The van der Waals surface area contributed by atoms with Crippen LogP contribution < -0.4 is 5.73 Å². The van der Waals surface area contributed by atoms with E-state index in [1.54, 1.807) is 12.2 Å². The number of nitrogens with zero attached hydrogens (tertiary/aromatic N) is 1. The van der Waals surface area contributed by atoms with E-state index in [2.05, 4.69) is 4.99 Å². The number of hydrogen-bond donors (Lipinski definition) is 2. The first-order valence-corrected chi connectivity index (χ1v) is 5.24. The Morgan fingerprint density at radius 2 is 2.22 bits per heavy atom. The van der Waals surface area contributed by atoms with Crippen molar-refractivity contribution in [3.8, 4) is 0 Å². The lowest BCUT2D eigenvalue weighted by atomic mass is 9.85. The van der Waals surface area contributed by atoms with Gasteiger partial charge in [-0.2, -0.15) is 0 Å². The number of carboxylic acid groups (broad SMARTS) is 1. The molecular weight excluding hydrogens is 256 g/mol. The molecule has 6 heteroatoms. The molecule has 0 saturated heterocycles. The van der Waals surface area contributed by atoms with Crippen LogP contribution in [0.3, 0.4) is 0 Å². The van der Waals surface area contributed by atoms with Gasteiger partial charge in [0.15, 0.2) is 0 Å². The molecule has 2 atom stereocenters. The first kappa shape index (κ1) is 14.3. The highest BCUT2D eigenvalue weighted by Gasteiger charge is 2.26. The van der Waals surface area contributed by atoms with Crippen LogP contribution in [0.4, 0.5) is 0 Å². The zero-order chi connectivity index (χ0) is 12.4. The minimum absolute atomic E-state index is 0. The summed E-state index contributed by atoms with van der Waals surface area (Å²) in [6.45, 7) is 0. The van der Waals surface area contributed by atoms with Gasteiger partial charge in [-0.25, -0.2) is 4.99 Å². The fourth-order valence-electron chi connectivity index (χ4n) is 1.89. The van der Waals surface area contributed by atoms with Gasteiger partial charge in [0.05, 0.1) is 5.71 Å². The second-order valence-corrected chi connectivity index (χ2v) is 3.96. The van der Waals surface area contributed by atoms with Crippen LogP contribution in [0, 0.1) is 5.92 Å². The Balaban J connectivity index is 0.00000162. The molecule has 1 unspecified atom stereocenters. The Morgan fingerprint density at radius 3 is 2.89 bits per heavy atom. The Hall–Kier alpha value is -1.72. The molecule has 2 rings (SSSR count). The molecule has 1 amide bonds. The SMILES string of the molecule is Cl.N[C@@H](CC1=CC(=O)N=C2C=CC=CC12)C(=O)O. The van der Waals surface area contributed by atoms with E-state index in [-0.39, 0.29) is 30.7 Å². The van der Waals surface area contributed by atoms with Gasteiger partial charge in [0.2, 0.25) is 0 Å². The van der Waals surface area contributed by atoms with E-state index in [0.717, 1.165) is 0 Å². The number of nitrogens with two attached hydrogens (primary N) is 1. The van der Waals surface area contributed by atoms with Crippen molar-refractivity contribution in [3.05, 3.63) is 36.0 Å². The molecule has 0 radical (unpaired) electrons. The van der Waals surface area contributed by atoms with E-state index in [4.69, 9.17) is 10.8 Å². The van der Waals surface area contributed by atoms with Crippen LogP contribution in [0.2, 0.25) is 0 Å². The minimum Gasteiger partial charge on any atom is -0.480 e. The van der Waals surface area contributed by atoms with Crippen LogP contribution in [0.15, 0.2) is 40.9 Å². The maximum atomic E-state index is 11.4. The molecule has 5 nitrogen and oxygen atoms in total. The number of fused-ring (bicyclic) bond motifs is 1. The van der Waals surface area contributed by atoms with Gasteiger partial charge >= 0.3 is 5.97 Å². The van der Waals surface area contributed by atoms with Crippen molar-refractivity contribution in [2.45, 2.75) is 12.5 Å². The van der Waals surface area contributed by atoms with Crippen LogP contribution in [0.1, 0.15) is 6.42 Å². The number of aliphatic carboxylic acids is 1. The molecule has 0 aromatic rings. The second kappa shape index (κ2) is 5.75. The number of hydrogen-bond acceptors (Lipinski definition) is 3. The Labute approximate surface area is 110 Å². The maximum Gasteiger partial charge on any atom is 0.320 e. The fraction of sp³-hybridized carbons (Fsp3) is 0.250. The highest BCUT2D eigenvalue weighted by atomic mass is 35.5. The molecular formula is C12H13ClN2O3. The fourth-order valence-corrected chi connectivity index (χ4v) is 1.89. The van der Waals surface area contributed by atoms with Gasteiger partial charge in [0.25, 0.3) is 5.91 Å². The van der Waals surface area contributed by atoms with Gasteiger partial charge in [-0.05, 0) is 18.1 Å². The van der Waals surface area contributed by atoms with Crippen LogP contribution in [-0.4, -0.2) is 28.7 Å². The van der Waals surface area contributed by atoms with E-state index >= 15 is 0 Å². The van der Waals surface area contributed by atoms with Crippen LogP contribution >= 0.6 is 12.4 Å². The molecule has 0 aromatic heterocycles. The molecule has 3 N–H and O–H groups in total. The van der Waals surface area contributed by atoms with Crippen LogP contribution in [0.5, 0.6) is 0 Å². The average Bonchev–Trinajstić information content (AvgIpc) is 2.28. The summed E-state index contributed by atoms with van der Waals surface area (Å²) in [7, 11) is 0. The zero-order valence-corrected chi connectivity index (χ0v) is 10.3. The zero-order valence-electron chi connectivity index (χ0n) is 9.45. The van der Waals surface area contributed by atoms with Gasteiger partial charge in [0.1, 0.15) is 6.04 Å². The third kappa shape index (κ3) is 2.94. The number of carbonyl (C=O) groups excluding carboxylic acids is 1. The number of aliphatic imine (C=N–C) groups is 1. The first-order chi connectivity index (χ1) is 8.08. The number of dihydropyridines is 1. The molecule has 1 aliphatic heterocycles. The predicted molar refractivity (Wildman–Crippen MR) is 69.8 cm³/mol. The van der Waals surface area contributed by atoms with Crippen LogP contribution in [0.25, 0.3) is 0 Å². The molecule has 18 heavy (non-hydrogen) atoms. The normalized spacial score (nSPS) is 22.5. The van der Waals surface area contributed by atoms with E-state index in [1.165, 1.54) is 6.08 Å². The minimum atomic E-state index is -1.07. The summed E-state index contributed by atoms with van der Waals surface area (Å²) >= 11 is 0. The van der Waals surface area contributed by atoms with Crippen molar-refractivity contribution in [2.24, 2.45) is 16.6 Å². The van der Waals surface area contributed by atoms with Gasteiger partial charge in [0, 0.05) is 12.0 Å². The first-order valence-electron chi connectivity index (χ1n) is 5.24. The van der Waals surface area contributed by atoms with Gasteiger partial charge in [-0.3, -0.25) is 9.59 Å². The number of halogens is 1. The molecule has 0 aromatic carbocycles. The Kier molecular flexibility index (Phi) is 4.58. The standard InChI is InChI=1S/C12H12N2O3.ClH/c13-9(12(16)17)5-7-6-11(15)14-10-4-2-1-3-8(7)10;/h1-4,6,8-9H,5,13H2,(H,16,17);1H/t8?,9-;/m0./s1. The Bertz CT molecular complexity index is 492. The van der Waals surface area contributed by atoms with E-state index in [9.17, 15) is 9.59 Å². The van der Waals surface area contributed by atoms with E-state index < -0.39 is 12.0 Å². The van der Waals surface area contributed by atoms with Crippen molar-refractivity contribution < 1.29 is 14.7 Å². The molecule has 1 heterocycles. The molecule has 0 fully saturated rings. The molecule has 1 aliphatic carbocycles. The summed E-state index contributed by atoms with van der Waals surface area (Å²) in [6, 6.07) is -0.993. The number of carbonyl (C=O) groups is 2. The number of carboxylic acids is 1. The molecule has 2 aliphatic rings. The van der Waals surface area contributed by atoms with Crippen molar-refractivity contribution in [1.29, 1.82) is 0 Å². The molecule has 0 bridgehead atoms. The second-order valence-electron chi connectivity index (χ2n) is 3.96. The predicted octanol–water partition coefficient (Wildman–Crippen LogP) is 0.860. The van der Waals surface area contributed by atoms with Crippen molar-refractivity contribution in [1.82, 2.24) is 0 Å². The van der Waals surface area contributed by atoms with Crippen molar-refractivity contribution >= 4 is 30.0 Å². The topological polar surface area (TPSA) is 92.8 Å². The summed E-state index contributed by atoms with van der Waals surface area (Å²) in [5, 5.41) is 8.78. The lowest BCUT2D eigenvalue weighted by Crippen LogP contribution is -2.33.